The average Bonchev–Trinajstić information content (AvgIpc) is 3.01. The van der Waals surface area contributed by atoms with Crippen LogP contribution in [0.3, 0.4) is 0 Å². The second-order valence-corrected chi connectivity index (χ2v) is 6.50. The van der Waals surface area contributed by atoms with E-state index < -0.39 is 12.0 Å². The zero-order valence-corrected chi connectivity index (χ0v) is 14.1. The number of hydrogen-bond donors (Lipinski definition) is 2. The summed E-state index contributed by atoms with van der Waals surface area (Å²) in [6.45, 7) is 1.62. The maximum absolute atomic E-state index is 12.5. The fraction of sp³-hybridized carbons (Fsp3) is 0.529. The van der Waals surface area contributed by atoms with Crippen molar-refractivity contribution in [3.8, 4) is 0 Å². The topological polar surface area (TPSA) is 113 Å². The van der Waals surface area contributed by atoms with Gasteiger partial charge in [0.1, 0.15) is 11.5 Å². The fourth-order valence-corrected chi connectivity index (χ4v) is 3.26. The molecule has 0 spiro atoms. The maximum atomic E-state index is 12.5. The molecular formula is C17H23N5O3. The first-order chi connectivity index (χ1) is 12.0. The Hall–Kier alpha value is -2.48. The molecule has 8 heteroatoms. The van der Waals surface area contributed by atoms with Crippen LogP contribution < -0.4 is 10.6 Å². The van der Waals surface area contributed by atoms with Crippen molar-refractivity contribution < 1.29 is 14.7 Å². The number of amides is 2. The SMILES string of the molecule is NC(=O)c1cncc(N2CCN(C(=O)CC3=CCCC3)C[C@H](O)C2)n1. The van der Waals surface area contributed by atoms with E-state index in [0.717, 1.165) is 19.3 Å². The van der Waals surface area contributed by atoms with Crippen molar-refractivity contribution in [3.63, 3.8) is 0 Å². The number of rotatable bonds is 4. The lowest BCUT2D eigenvalue weighted by Gasteiger charge is -2.22. The molecule has 2 heterocycles. The van der Waals surface area contributed by atoms with Crippen molar-refractivity contribution in [1.82, 2.24) is 14.9 Å². The average molecular weight is 345 g/mol. The number of aliphatic hydroxyl groups is 1. The van der Waals surface area contributed by atoms with Crippen LogP contribution in [0.2, 0.25) is 0 Å². The molecule has 3 rings (SSSR count). The molecule has 1 aromatic rings. The molecule has 1 fully saturated rings. The summed E-state index contributed by atoms with van der Waals surface area (Å²) in [4.78, 5) is 35.5. The van der Waals surface area contributed by atoms with Crippen molar-refractivity contribution in [1.29, 1.82) is 0 Å². The van der Waals surface area contributed by atoms with Crippen molar-refractivity contribution in [2.45, 2.75) is 31.8 Å². The molecule has 3 N–H and O–H groups in total. The standard InChI is InChI=1S/C17H23N5O3/c18-17(25)14-8-19-9-15(20-14)21-5-6-22(11-13(23)10-21)16(24)7-12-3-1-2-4-12/h3,8-9,13,23H,1-2,4-7,10-11H2,(H2,18,25)/t13-/m1/s1. The molecule has 1 atom stereocenters. The summed E-state index contributed by atoms with van der Waals surface area (Å²) in [5, 5.41) is 10.3. The second kappa shape index (κ2) is 7.60. The molecule has 1 aliphatic carbocycles. The van der Waals surface area contributed by atoms with Gasteiger partial charge in [-0.3, -0.25) is 14.6 Å². The van der Waals surface area contributed by atoms with Crippen LogP contribution in [0.1, 0.15) is 36.2 Å². The van der Waals surface area contributed by atoms with E-state index in [0.29, 0.717) is 38.4 Å². The minimum absolute atomic E-state index is 0.0472. The van der Waals surface area contributed by atoms with Gasteiger partial charge >= 0.3 is 0 Å². The summed E-state index contributed by atoms with van der Waals surface area (Å²) in [6.07, 6.45) is 7.88. The third-order valence-electron chi connectivity index (χ3n) is 4.57. The van der Waals surface area contributed by atoms with E-state index in [1.54, 1.807) is 4.90 Å². The Kier molecular flexibility index (Phi) is 5.28. The number of nitrogens with zero attached hydrogens (tertiary/aromatic N) is 4. The Labute approximate surface area is 146 Å². The summed E-state index contributed by atoms with van der Waals surface area (Å²) in [5.74, 6) is -0.125. The number of allylic oxidation sites excluding steroid dienone is 1. The highest BCUT2D eigenvalue weighted by atomic mass is 16.3. The van der Waals surface area contributed by atoms with Crippen molar-refractivity contribution in [2.75, 3.05) is 31.1 Å². The van der Waals surface area contributed by atoms with Gasteiger partial charge in [-0.05, 0) is 19.3 Å². The smallest absolute Gasteiger partial charge is 0.268 e. The van der Waals surface area contributed by atoms with Crippen LogP contribution in [0, 0.1) is 0 Å². The maximum Gasteiger partial charge on any atom is 0.268 e. The highest BCUT2D eigenvalue weighted by Gasteiger charge is 2.26. The van der Waals surface area contributed by atoms with E-state index in [4.69, 9.17) is 5.73 Å². The molecule has 1 saturated heterocycles. The zero-order chi connectivity index (χ0) is 17.8. The number of aliphatic hydroxyl groups excluding tert-OH is 1. The van der Waals surface area contributed by atoms with Gasteiger partial charge in [-0.2, -0.15) is 0 Å². The van der Waals surface area contributed by atoms with Crippen LogP contribution in [0.4, 0.5) is 5.82 Å². The summed E-state index contributed by atoms with van der Waals surface area (Å²) < 4.78 is 0. The first-order valence-corrected chi connectivity index (χ1v) is 8.53. The van der Waals surface area contributed by atoms with E-state index in [-0.39, 0.29) is 11.6 Å². The summed E-state index contributed by atoms with van der Waals surface area (Å²) in [5.41, 5.74) is 6.52. The summed E-state index contributed by atoms with van der Waals surface area (Å²) in [6, 6.07) is 0. The van der Waals surface area contributed by atoms with E-state index in [1.165, 1.54) is 18.0 Å². The lowest BCUT2D eigenvalue weighted by atomic mass is 10.1. The van der Waals surface area contributed by atoms with Gasteiger partial charge in [0.05, 0.1) is 18.5 Å². The highest BCUT2D eigenvalue weighted by Crippen LogP contribution is 2.22. The molecule has 25 heavy (non-hydrogen) atoms. The highest BCUT2D eigenvalue weighted by molar-refractivity contribution is 5.90. The van der Waals surface area contributed by atoms with E-state index in [2.05, 4.69) is 16.0 Å². The summed E-state index contributed by atoms with van der Waals surface area (Å²) >= 11 is 0. The third kappa shape index (κ3) is 4.33. The lowest BCUT2D eigenvalue weighted by Crippen LogP contribution is -2.37. The number of aromatic nitrogens is 2. The van der Waals surface area contributed by atoms with Gasteiger partial charge < -0.3 is 20.6 Å². The van der Waals surface area contributed by atoms with Crippen LogP contribution in [-0.4, -0.2) is 64.1 Å². The zero-order valence-electron chi connectivity index (χ0n) is 14.1. The van der Waals surface area contributed by atoms with Gasteiger partial charge in [-0.1, -0.05) is 11.6 Å². The molecule has 0 bridgehead atoms. The van der Waals surface area contributed by atoms with Crippen molar-refractivity contribution in [2.24, 2.45) is 5.73 Å². The second-order valence-electron chi connectivity index (χ2n) is 6.50. The van der Waals surface area contributed by atoms with Crippen molar-refractivity contribution in [3.05, 3.63) is 29.7 Å². The Morgan fingerprint density at radius 3 is 2.84 bits per heavy atom. The first-order valence-electron chi connectivity index (χ1n) is 8.53. The van der Waals surface area contributed by atoms with Crippen molar-refractivity contribution >= 4 is 17.6 Å². The number of anilines is 1. The minimum Gasteiger partial charge on any atom is -0.389 e. The molecule has 8 nitrogen and oxygen atoms in total. The first kappa shape index (κ1) is 17.3. The Bertz CT molecular complexity index is 691. The number of carbonyl (C=O) groups is 2. The molecule has 2 aliphatic rings. The Morgan fingerprint density at radius 2 is 2.12 bits per heavy atom. The monoisotopic (exact) mass is 345 g/mol. The van der Waals surface area contributed by atoms with Crippen LogP contribution in [0.25, 0.3) is 0 Å². The lowest BCUT2D eigenvalue weighted by molar-refractivity contribution is -0.131. The number of β-amino-alcohol motifs (C(OH)–C–C–N with tert-alkyl or cyclic N) is 1. The number of carbonyl (C=O) groups excluding carboxylic acids is 2. The van der Waals surface area contributed by atoms with Crippen LogP contribution >= 0.6 is 0 Å². The normalized spacial score (nSPS) is 21.0. The quantitative estimate of drug-likeness (QED) is 0.748. The molecule has 134 valence electrons. The molecular weight excluding hydrogens is 322 g/mol. The van der Waals surface area contributed by atoms with Gasteiger partial charge in [0, 0.05) is 32.6 Å². The fourth-order valence-electron chi connectivity index (χ4n) is 3.26. The summed E-state index contributed by atoms with van der Waals surface area (Å²) in [7, 11) is 0. The largest absolute Gasteiger partial charge is 0.389 e. The van der Waals surface area contributed by atoms with Gasteiger partial charge in [-0.25, -0.2) is 4.98 Å². The third-order valence-corrected chi connectivity index (χ3v) is 4.57. The minimum atomic E-state index is -0.692. The molecule has 1 aliphatic heterocycles. The van der Waals surface area contributed by atoms with Crippen LogP contribution in [0.5, 0.6) is 0 Å². The molecule has 0 radical (unpaired) electrons. The van der Waals surface area contributed by atoms with Gasteiger partial charge in [0.2, 0.25) is 5.91 Å². The Balaban J connectivity index is 1.67. The molecule has 0 unspecified atom stereocenters. The van der Waals surface area contributed by atoms with Gasteiger partial charge in [-0.15, -0.1) is 0 Å². The van der Waals surface area contributed by atoms with Crippen LogP contribution in [-0.2, 0) is 4.79 Å². The van der Waals surface area contributed by atoms with E-state index in [9.17, 15) is 14.7 Å². The predicted octanol–water partition coefficient (Wildman–Crippen LogP) is 0.0854. The predicted molar refractivity (Wildman–Crippen MR) is 91.9 cm³/mol. The van der Waals surface area contributed by atoms with E-state index >= 15 is 0 Å². The van der Waals surface area contributed by atoms with Gasteiger partial charge in [0.15, 0.2) is 0 Å². The molecule has 0 saturated carbocycles. The molecule has 0 aromatic carbocycles. The number of nitrogens with two attached hydrogens (primary N) is 1. The molecule has 2 amide bonds. The van der Waals surface area contributed by atoms with E-state index in [1.807, 2.05) is 4.90 Å². The van der Waals surface area contributed by atoms with Gasteiger partial charge in [0.25, 0.3) is 5.91 Å². The number of hydrogen-bond acceptors (Lipinski definition) is 6. The number of primary amides is 1. The Morgan fingerprint density at radius 1 is 1.28 bits per heavy atom. The van der Waals surface area contributed by atoms with Crippen LogP contribution in [0.15, 0.2) is 24.0 Å². The molecule has 1 aromatic heterocycles.